The van der Waals surface area contributed by atoms with Crippen LogP contribution in [0.1, 0.15) is 94.2 Å². The molecular weight excluding hydrogens is 550 g/mol. The fraction of sp³-hybridized carbons (Fsp3) is 0.750. The third kappa shape index (κ3) is 7.17. The van der Waals surface area contributed by atoms with Crippen LogP contribution >= 0.6 is 24.0 Å². The molecule has 0 aromatic carbocycles. The van der Waals surface area contributed by atoms with Crippen molar-refractivity contribution in [2.45, 2.75) is 102 Å². The number of fused-ring (bicyclic) bond motifs is 1. The molecule has 4 atom stereocenters. The number of nitrogens with one attached hydrogen (secondary N) is 1. The highest BCUT2D eigenvalue weighted by Crippen LogP contribution is 2.36. The second-order valence-electron chi connectivity index (χ2n) is 12.3. The van der Waals surface area contributed by atoms with E-state index in [0.717, 1.165) is 51.5 Å². The summed E-state index contributed by atoms with van der Waals surface area (Å²) in [7, 11) is 1.54. The van der Waals surface area contributed by atoms with Crippen molar-refractivity contribution in [1.29, 1.82) is 0 Å². The van der Waals surface area contributed by atoms with Gasteiger partial charge < -0.3 is 15.0 Å². The highest BCUT2D eigenvalue weighted by atomic mass is 32.1. The maximum absolute atomic E-state index is 14.4. The van der Waals surface area contributed by atoms with Gasteiger partial charge in [-0.1, -0.05) is 31.9 Å². The Balaban J connectivity index is 1.58. The van der Waals surface area contributed by atoms with Crippen molar-refractivity contribution in [3.63, 3.8) is 0 Å². The molecule has 1 aliphatic carbocycles. The minimum atomic E-state index is -0.820. The predicted molar refractivity (Wildman–Crippen MR) is 156 cm³/mol. The molecule has 1 saturated carbocycles. The van der Waals surface area contributed by atoms with Crippen LogP contribution in [-0.4, -0.2) is 93.1 Å². The van der Waals surface area contributed by atoms with E-state index in [1.165, 1.54) is 23.3 Å². The molecule has 3 fully saturated rings. The minimum Gasteiger partial charge on any atom is -0.444 e. The number of thiazole rings is 1. The summed E-state index contributed by atoms with van der Waals surface area (Å²) in [5.74, 6) is -0.485. The van der Waals surface area contributed by atoms with E-state index in [0.29, 0.717) is 18.1 Å². The van der Waals surface area contributed by atoms with Gasteiger partial charge in [0.2, 0.25) is 16.9 Å². The van der Waals surface area contributed by atoms with Crippen LogP contribution in [0.2, 0.25) is 0 Å². The van der Waals surface area contributed by atoms with Gasteiger partial charge in [-0.3, -0.25) is 24.2 Å². The van der Waals surface area contributed by atoms with Crippen LogP contribution in [0.5, 0.6) is 0 Å². The van der Waals surface area contributed by atoms with E-state index in [1.807, 2.05) is 4.90 Å². The van der Waals surface area contributed by atoms with Crippen molar-refractivity contribution < 1.29 is 23.9 Å². The molecule has 40 heavy (non-hydrogen) atoms. The van der Waals surface area contributed by atoms with Crippen molar-refractivity contribution in [3.05, 3.63) is 16.1 Å². The molecule has 2 saturated heterocycles. The van der Waals surface area contributed by atoms with Crippen LogP contribution < -0.4 is 5.32 Å². The van der Waals surface area contributed by atoms with Gasteiger partial charge in [-0.2, -0.15) is 0 Å². The fourth-order valence-electron chi connectivity index (χ4n) is 5.98. The Kier molecular flexibility index (Phi) is 9.82. The zero-order chi connectivity index (χ0) is 29.2. The maximum atomic E-state index is 14.4. The number of carbonyl (C=O) groups excluding carboxylic acids is 4. The molecule has 1 aromatic heterocycles. The third-order valence-electron chi connectivity index (χ3n) is 8.33. The number of likely N-dealkylation sites (N-methyl/N-ethyl adjacent to an activating group) is 1. The number of hydrogen-bond donors (Lipinski definition) is 2. The van der Waals surface area contributed by atoms with Gasteiger partial charge in [0, 0.05) is 31.6 Å². The second-order valence-corrected chi connectivity index (χ2v) is 13.6. The van der Waals surface area contributed by atoms with E-state index in [4.69, 9.17) is 4.74 Å². The Morgan fingerprint density at radius 1 is 1.12 bits per heavy atom. The van der Waals surface area contributed by atoms with Crippen LogP contribution in [-0.2, 0) is 14.3 Å². The first kappa shape index (κ1) is 30.8. The summed E-state index contributed by atoms with van der Waals surface area (Å²) in [5.41, 5.74) is -0.400. The lowest BCUT2D eigenvalue weighted by atomic mass is 9.82. The monoisotopic (exact) mass is 593 g/mol. The molecule has 0 radical (unpaired) electrons. The maximum Gasteiger partial charge on any atom is 0.410 e. The highest BCUT2D eigenvalue weighted by Gasteiger charge is 2.44. The first-order valence-electron chi connectivity index (χ1n) is 14.3. The molecule has 2 aliphatic heterocycles. The number of amides is 3. The molecule has 1 aromatic rings. The number of hydrogen-bond acceptors (Lipinski definition) is 8. The number of aromatic nitrogens is 1. The van der Waals surface area contributed by atoms with E-state index < -0.39 is 28.9 Å². The van der Waals surface area contributed by atoms with Crippen molar-refractivity contribution in [3.8, 4) is 0 Å². The summed E-state index contributed by atoms with van der Waals surface area (Å²) in [4.78, 5) is 62.6. The molecule has 12 heteroatoms. The van der Waals surface area contributed by atoms with Crippen LogP contribution in [0.15, 0.2) is 5.38 Å². The third-order valence-corrected chi connectivity index (χ3v) is 9.50. The number of rotatable bonds is 7. The van der Waals surface area contributed by atoms with E-state index >= 15 is 0 Å². The van der Waals surface area contributed by atoms with Crippen molar-refractivity contribution in [2.75, 3.05) is 26.7 Å². The molecule has 0 spiro atoms. The molecule has 3 aliphatic rings. The van der Waals surface area contributed by atoms with Crippen LogP contribution in [0.25, 0.3) is 0 Å². The minimum absolute atomic E-state index is 0.0114. The van der Waals surface area contributed by atoms with Gasteiger partial charge in [0.1, 0.15) is 28.4 Å². The first-order valence-corrected chi connectivity index (χ1v) is 15.7. The second kappa shape index (κ2) is 12.8. The lowest BCUT2D eigenvalue weighted by Gasteiger charge is -2.45. The van der Waals surface area contributed by atoms with Gasteiger partial charge >= 0.3 is 6.09 Å². The summed E-state index contributed by atoms with van der Waals surface area (Å²) in [6.07, 6.45) is 6.36. The zero-order valence-corrected chi connectivity index (χ0v) is 25.9. The van der Waals surface area contributed by atoms with Crippen LogP contribution in [0.4, 0.5) is 4.79 Å². The standard InChI is InChI=1S/C28H43N5O5S2/c1-17(31(5)27(37)38-28(2,3)4)23(34)30-22(18-10-7-6-8-11-18)25(35)33-14-19-12-9-13-32(19)15-21(33)24-29-20(16-40-24)26(36)39/h16-19,21-22H,6-15H2,1-5H3,(H,30,34)(H,36,39)/t17-,19?,21-,22-/m0/s1. The average molecular weight is 594 g/mol. The zero-order valence-electron chi connectivity index (χ0n) is 24.2. The van der Waals surface area contributed by atoms with Crippen LogP contribution in [0.3, 0.4) is 0 Å². The van der Waals surface area contributed by atoms with Crippen molar-refractivity contribution in [2.24, 2.45) is 5.92 Å². The molecule has 3 heterocycles. The summed E-state index contributed by atoms with van der Waals surface area (Å²) >= 11 is 5.30. The molecule has 222 valence electrons. The number of ether oxygens (including phenoxy) is 1. The van der Waals surface area contributed by atoms with Gasteiger partial charge in [-0.15, -0.1) is 11.3 Å². The Bertz CT molecular complexity index is 1100. The molecule has 4 rings (SSSR count). The van der Waals surface area contributed by atoms with E-state index in [9.17, 15) is 19.2 Å². The van der Waals surface area contributed by atoms with E-state index in [-0.39, 0.29) is 35.5 Å². The molecular formula is C28H43N5O5S2. The SMILES string of the molecule is C[C@@H](C(=O)N[C@H](C(=O)N1CC2CCCN2C[C@H]1c1nc(C(=O)S)cs1)C1CCCCC1)N(C)C(=O)OC(C)(C)C. The highest BCUT2D eigenvalue weighted by molar-refractivity contribution is 7.97. The Hall–Kier alpha value is -2.18. The van der Waals surface area contributed by atoms with E-state index in [2.05, 4.69) is 27.8 Å². The quantitative estimate of drug-likeness (QED) is 0.462. The van der Waals surface area contributed by atoms with Crippen molar-refractivity contribution >= 4 is 47.0 Å². The Morgan fingerprint density at radius 3 is 2.45 bits per heavy atom. The summed E-state index contributed by atoms with van der Waals surface area (Å²) in [6.45, 7) is 9.16. The molecule has 1 unspecified atom stereocenters. The number of carbonyl (C=O) groups is 4. The summed E-state index contributed by atoms with van der Waals surface area (Å²) in [6, 6.07) is -1.56. The van der Waals surface area contributed by atoms with Gasteiger partial charge in [0.25, 0.3) is 0 Å². The van der Waals surface area contributed by atoms with Gasteiger partial charge in [-0.05, 0) is 65.8 Å². The molecule has 0 bridgehead atoms. The van der Waals surface area contributed by atoms with Crippen LogP contribution in [0, 0.1) is 5.92 Å². The number of thiol groups is 1. The first-order chi connectivity index (χ1) is 18.9. The summed E-state index contributed by atoms with van der Waals surface area (Å²) < 4.78 is 5.45. The molecule has 10 nitrogen and oxygen atoms in total. The largest absolute Gasteiger partial charge is 0.444 e. The predicted octanol–water partition coefficient (Wildman–Crippen LogP) is 3.88. The van der Waals surface area contributed by atoms with Gasteiger partial charge in [0.05, 0.1) is 6.04 Å². The topological polar surface area (TPSA) is 112 Å². The molecule has 3 amide bonds. The van der Waals surface area contributed by atoms with Gasteiger partial charge in [0.15, 0.2) is 0 Å². The van der Waals surface area contributed by atoms with Gasteiger partial charge in [-0.25, -0.2) is 9.78 Å². The number of nitrogens with zero attached hydrogens (tertiary/aromatic N) is 4. The lowest BCUT2D eigenvalue weighted by molar-refractivity contribution is -0.144. The fourth-order valence-corrected chi connectivity index (χ4v) is 7.08. The van der Waals surface area contributed by atoms with Crippen molar-refractivity contribution in [1.82, 2.24) is 25.0 Å². The average Bonchev–Trinajstić information content (AvgIpc) is 3.59. The lowest BCUT2D eigenvalue weighted by Crippen LogP contribution is -2.61. The number of piperazine rings is 1. The Labute approximate surface area is 246 Å². The summed E-state index contributed by atoms with van der Waals surface area (Å²) in [5, 5.41) is 5.07. The smallest absolute Gasteiger partial charge is 0.410 e. The Morgan fingerprint density at radius 2 is 1.82 bits per heavy atom. The molecule has 1 N–H and O–H groups in total. The van der Waals surface area contributed by atoms with E-state index in [1.54, 1.807) is 33.1 Å². The normalized spacial score (nSPS) is 23.7.